The van der Waals surface area contributed by atoms with Crippen LogP contribution in [0.2, 0.25) is 5.02 Å². The first-order valence-corrected chi connectivity index (χ1v) is 8.98. The van der Waals surface area contributed by atoms with Crippen molar-refractivity contribution in [3.05, 3.63) is 71.4 Å². The maximum Gasteiger partial charge on any atom is 0.256 e. The number of carbonyl (C=O) groups is 1. The van der Waals surface area contributed by atoms with Gasteiger partial charge in [-0.2, -0.15) is 5.10 Å². The van der Waals surface area contributed by atoms with Crippen molar-refractivity contribution in [2.24, 2.45) is 7.05 Å². The van der Waals surface area contributed by atoms with E-state index >= 15 is 0 Å². The van der Waals surface area contributed by atoms with Crippen molar-refractivity contribution in [1.82, 2.24) is 14.8 Å². The molecule has 0 saturated heterocycles. The fourth-order valence-corrected chi connectivity index (χ4v) is 3.23. The largest absolute Gasteiger partial charge is 0.496 e. The molecule has 6 nitrogen and oxygen atoms in total. The first-order chi connectivity index (χ1) is 13.6. The third-order valence-electron chi connectivity index (χ3n) is 4.45. The summed E-state index contributed by atoms with van der Waals surface area (Å²) in [7, 11) is 3.39. The Morgan fingerprint density at radius 3 is 2.68 bits per heavy atom. The number of methoxy groups -OCH3 is 1. The Morgan fingerprint density at radius 2 is 1.89 bits per heavy atom. The number of aryl methyl sites for hydroxylation is 1. The summed E-state index contributed by atoms with van der Waals surface area (Å²) in [6.07, 6.45) is 1.63. The Morgan fingerprint density at radius 1 is 1.14 bits per heavy atom. The van der Waals surface area contributed by atoms with Crippen LogP contribution in [0.1, 0.15) is 10.4 Å². The molecule has 0 aliphatic rings. The van der Waals surface area contributed by atoms with Gasteiger partial charge in [-0.15, -0.1) is 0 Å². The van der Waals surface area contributed by atoms with Crippen LogP contribution in [0.5, 0.6) is 5.75 Å². The van der Waals surface area contributed by atoms with Crippen LogP contribution >= 0.6 is 11.6 Å². The van der Waals surface area contributed by atoms with Crippen molar-refractivity contribution in [3.63, 3.8) is 0 Å². The lowest BCUT2D eigenvalue weighted by Crippen LogP contribution is -2.13. The van der Waals surface area contributed by atoms with Crippen LogP contribution in [0.3, 0.4) is 0 Å². The molecule has 7 heteroatoms. The van der Waals surface area contributed by atoms with E-state index in [1.54, 1.807) is 43.2 Å². The molecular formula is C21H17ClN4O2. The van der Waals surface area contributed by atoms with Crippen LogP contribution < -0.4 is 10.1 Å². The van der Waals surface area contributed by atoms with E-state index in [0.717, 1.165) is 5.56 Å². The molecule has 1 N–H and O–H groups in total. The van der Waals surface area contributed by atoms with E-state index in [2.05, 4.69) is 10.4 Å². The van der Waals surface area contributed by atoms with Crippen molar-refractivity contribution >= 4 is 34.2 Å². The highest BCUT2D eigenvalue weighted by molar-refractivity contribution is 6.34. The molecule has 0 radical (unpaired) electrons. The van der Waals surface area contributed by atoms with Gasteiger partial charge in [0.15, 0.2) is 5.65 Å². The number of aromatic nitrogens is 3. The second kappa shape index (κ2) is 7.32. The normalized spacial score (nSPS) is 10.8. The standard InChI is InChI=1S/C21H17ClN4O2/c1-26-20-15(12-23-26)14(21(27)25-17-9-5-4-8-16(17)22)11-18(24-20)13-7-3-6-10-19(13)28-2/h3-12H,1-2H3,(H,25,27). The molecule has 0 atom stereocenters. The van der Waals surface area contributed by atoms with Gasteiger partial charge in [0.2, 0.25) is 0 Å². The van der Waals surface area contributed by atoms with Crippen LogP contribution in [-0.2, 0) is 7.05 Å². The number of ether oxygens (including phenoxy) is 1. The molecule has 2 aromatic carbocycles. The minimum Gasteiger partial charge on any atom is -0.496 e. The zero-order chi connectivity index (χ0) is 19.7. The predicted molar refractivity (Wildman–Crippen MR) is 110 cm³/mol. The smallest absolute Gasteiger partial charge is 0.256 e. The zero-order valence-electron chi connectivity index (χ0n) is 15.3. The second-order valence-corrected chi connectivity index (χ2v) is 6.60. The van der Waals surface area contributed by atoms with E-state index in [-0.39, 0.29) is 5.91 Å². The molecule has 0 spiro atoms. The first-order valence-electron chi connectivity index (χ1n) is 8.60. The lowest BCUT2D eigenvalue weighted by Gasteiger charge is -2.11. The van der Waals surface area contributed by atoms with Crippen LogP contribution in [0.15, 0.2) is 60.8 Å². The van der Waals surface area contributed by atoms with Gasteiger partial charge in [-0.1, -0.05) is 35.9 Å². The van der Waals surface area contributed by atoms with Crippen LogP contribution in [-0.4, -0.2) is 27.8 Å². The first kappa shape index (κ1) is 18.0. The van der Waals surface area contributed by atoms with Crippen molar-refractivity contribution in [2.45, 2.75) is 0 Å². The molecule has 4 aromatic rings. The Labute approximate surface area is 166 Å². The molecule has 2 heterocycles. The monoisotopic (exact) mass is 392 g/mol. The summed E-state index contributed by atoms with van der Waals surface area (Å²) in [5, 5.41) is 8.25. The lowest BCUT2D eigenvalue weighted by atomic mass is 10.1. The number of nitrogens with one attached hydrogen (secondary N) is 1. The Balaban J connectivity index is 1.86. The summed E-state index contributed by atoms with van der Waals surface area (Å²) in [6.45, 7) is 0. The Hall–Kier alpha value is -3.38. The van der Waals surface area contributed by atoms with Gasteiger partial charge in [-0.3, -0.25) is 9.48 Å². The summed E-state index contributed by atoms with van der Waals surface area (Å²) in [5.74, 6) is 0.388. The van der Waals surface area contributed by atoms with Crippen molar-refractivity contribution in [3.8, 4) is 17.0 Å². The Bertz CT molecular complexity index is 1190. The summed E-state index contributed by atoms with van der Waals surface area (Å²) in [4.78, 5) is 17.8. The van der Waals surface area contributed by atoms with Crippen LogP contribution in [0, 0.1) is 0 Å². The number of fused-ring (bicyclic) bond motifs is 1. The van der Waals surface area contributed by atoms with Gasteiger partial charge in [0.1, 0.15) is 5.75 Å². The summed E-state index contributed by atoms with van der Waals surface area (Å²) < 4.78 is 7.09. The minimum absolute atomic E-state index is 0.287. The SMILES string of the molecule is COc1ccccc1-c1cc(C(=O)Nc2ccccc2Cl)c2cnn(C)c2n1. The molecule has 140 valence electrons. The average molecular weight is 393 g/mol. The zero-order valence-corrected chi connectivity index (χ0v) is 16.1. The highest BCUT2D eigenvalue weighted by Gasteiger charge is 2.18. The fourth-order valence-electron chi connectivity index (χ4n) is 3.05. The fraction of sp³-hybridized carbons (Fsp3) is 0.0952. The number of para-hydroxylation sites is 2. The van der Waals surface area contributed by atoms with E-state index in [0.29, 0.717) is 38.8 Å². The second-order valence-electron chi connectivity index (χ2n) is 6.19. The van der Waals surface area contributed by atoms with Gasteiger partial charge in [-0.25, -0.2) is 4.98 Å². The Kier molecular flexibility index (Phi) is 4.71. The maximum atomic E-state index is 13.1. The molecule has 2 aromatic heterocycles. The highest BCUT2D eigenvalue weighted by Crippen LogP contribution is 2.31. The average Bonchev–Trinajstić information content (AvgIpc) is 3.09. The van der Waals surface area contributed by atoms with Gasteiger partial charge < -0.3 is 10.1 Å². The van der Waals surface area contributed by atoms with Crippen molar-refractivity contribution in [2.75, 3.05) is 12.4 Å². The molecule has 0 saturated carbocycles. The van der Waals surface area contributed by atoms with Crippen LogP contribution in [0.4, 0.5) is 5.69 Å². The molecule has 0 unspecified atom stereocenters. The lowest BCUT2D eigenvalue weighted by molar-refractivity contribution is 0.102. The van der Waals surface area contributed by atoms with E-state index in [4.69, 9.17) is 21.3 Å². The molecule has 0 aliphatic carbocycles. The molecule has 0 fully saturated rings. The van der Waals surface area contributed by atoms with Gasteiger partial charge >= 0.3 is 0 Å². The number of benzene rings is 2. The number of anilines is 1. The van der Waals surface area contributed by atoms with E-state index in [1.165, 1.54) is 0 Å². The van der Waals surface area contributed by atoms with E-state index < -0.39 is 0 Å². The van der Waals surface area contributed by atoms with Crippen molar-refractivity contribution in [1.29, 1.82) is 0 Å². The van der Waals surface area contributed by atoms with Gasteiger partial charge in [-0.05, 0) is 30.3 Å². The quantitative estimate of drug-likeness (QED) is 0.553. The number of nitrogens with zero attached hydrogens (tertiary/aromatic N) is 3. The maximum absolute atomic E-state index is 13.1. The summed E-state index contributed by atoms with van der Waals surface area (Å²) in [5.41, 5.74) is 3.02. The number of pyridine rings is 1. The number of rotatable bonds is 4. The van der Waals surface area contributed by atoms with E-state index in [1.807, 2.05) is 36.4 Å². The van der Waals surface area contributed by atoms with E-state index in [9.17, 15) is 4.79 Å². The van der Waals surface area contributed by atoms with Crippen molar-refractivity contribution < 1.29 is 9.53 Å². The molecule has 0 aliphatic heterocycles. The highest BCUT2D eigenvalue weighted by atomic mass is 35.5. The number of hydrogen-bond donors (Lipinski definition) is 1. The molecule has 0 bridgehead atoms. The van der Waals surface area contributed by atoms with Gasteiger partial charge in [0, 0.05) is 12.6 Å². The van der Waals surface area contributed by atoms with Crippen LogP contribution in [0.25, 0.3) is 22.3 Å². The number of carbonyl (C=O) groups excluding carboxylic acids is 1. The molecular weight excluding hydrogens is 376 g/mol. The predicted octanol–water partition coefficient (Wildman–Crippen LogP) is 4.55. The molecule has 4 rings (SSSR count). The number of halogens is 1. The minimum atomic E-state index is -0.287. The topological polar surface area (TPSA) is 69.0 Å². The molecule has 28 heavy (non-hydrogen) atoms. The number of hydrogen-bond acceptors (Lipinski definition) is 4. The summed E-state index contributed by atoms with van der Waals surface area (Å²) >= 11 is 6.18. The third-order valence-corrected chi connectivity index (χ3v) is 4.78. The van der Waals surface area contributed by atoms with Gasteiger partial charge in [0.05, 0.1) is 40.7 Å². The number of amides is 1. The molecule has 1 amide bonds. The van der Waals surface area contributed by atoms with Gasteiger partial charge in [0.25, 0.3) is 5.91 Å². The summed E-state index contributed by atoms with van der Waals surface area (Å²) in [6, 6.07) is 16.4. The third kappa shape index (κ3) is 3.18.